The second kappa shape index (κ2) is 7.46. The van der Waals surface area contributed by atoms with Crippen molar-refractivity contribution in [3.05, 3.63) is 62.6 Å². The van der Waals surface area contributed by atoms with Crippen LogP contribution in [0.3, 0.4) is 0 Å². The molecule has 0 unspecified atom stereocenters. The minimum absolute atomic E-state index is 0.272. The molecule has 2 aromatic rings. The second-order valence-corrected chi connectivity index (χ2v) is 5.38. The van der Waals surface area contributed by atoms with Gasteiger partial charge in [-0.05, 0) is 18.2 Å². The van der Waals surface area contributed by atoms with Gasteiger partial charge in [0, 0.05) is 18.4 Å². The number of thioether (sulfide) groups is 1. The van der Waals surface area contributed by atoms with Crippen molar-refractivity contribution in [3.8, 4) is 0 Å². The summed E-state index contributed by atoms with van der Waals surface area (Å²) >= 11 is 1.62. The minimum atomic E-state index is -0.657. The van der Waals surface area contributed by atoms with E-state index < -0.39 is 9.85 Å². The molecule has 0 aliphatic rings. The van der Waals surface area contributed by atoms with Gasteiger partial charge in [-0.3, -0.25) is 20.2 Å². The van der Waals surface area contributed by atoms with E-state index in [0.717, 1.165) is 23.3 Å². The van der Waals surface area contributed by atoms with E-state index in [1.807, 2.05) is 12.1 Å². The molecule has 116 valence electrons. The Kier molecular flexibility index (Phi) is 5.37. The number of hydrogen-bond acceptors (Lipinski definition) is 7. The van der Waals surface area contributed by atoms with Gasteiger partial charge in [-0.2, -0.15) is 11.8 Å². The number of nitrogens with one attached hydrogen (secondary N) is 1. The van der Waals surface area contributed by atoms with Crippen LogP contribution in [-0.2, 0) is 5.75 Å². The van der Waals surface area contributed by atoms with E-state index in [9.17, 15) is 20.2 Å². The molecule has 9 heteroatoms. The van der Waals surface area contributed by atoms with E-state index in [-0.39, 0.29) is 17.1 Å². The molecule has 1 aromatic heterocycles. The Bertz CT molecular complexity index is 660. The molecular formula is C13H13N3O5S. The molecule has 0 aliphatic carbocycles. The van der Waals surface area contributed by atoms with Crippen LogP contribution in [0, 0.1) is 20.2 Å². The minimum Gasteiger partial charge on any atom is -0.468 e. The Morgan fingerprint density at radius 2 is 2.00 bits per heavy atom. The summed E-state index contributed by atoms with van der Waals surface area (Å²) in [6.07, 6.45) is 1.61. The molecule has 0 spiro atoms. The lowest BCUT2D eigenvalue weighted by molar-refractivity contribution is -0.393. The Balaban J connectivity index is 1.89. The molecule has 1 heterocycles. The highest BCUT2D eigenvalue weighted by atomic mass is 32.2. The van der Waals surface area contributed by atoms with Crippen LogP contribution in [0.4, 0.5) is 17.1 Å². The first kappa shape index (κ1) is 15.8. The standard InChI is InChI=1S/C13H13N3O5S/c17-15(18)10-3-4-12(13(8-10)16(19)20)14-5-7-22-9-11-2-1-6-21-11/h1-4,6,8,14H,5,7,9H2. The van der Waals surface area contributed by atoms with Gasteiger partial charge in [-0.25, -0.2) is 0 Å². The molecule has 2 rings (SSSR count). The molecule has 1 aromatic carbocycles. The predicted molar refractivity (Wildman–Crippen MR) is 83.1 cm³/mol. The number of hydrogen-bond donors (Lipinski definition) is 1. The van der Waals surface area contributed by atoms with E-state index in [0.29, 0.717) is 6.54 Å². The van der Waals surface area contributed by atoms with Crippen LogP contribution in [0.5, 0.6) is 0 Å². The summed E-state index contributed by atoms with van der Waals surface area (Å²) in [6, 6.07) is 7.24. The topological polar surface area (TPSA) is 111 Å². The van der Waals surface area contributed by atoms with Crippen LogP contribution in [-0.4, -0.2) is 22.1 Å². The number of nitro groups is 2. The SMILES string of the molecule is O=[N+]([O-])c1ccc(NCCSCc2ccco2)c([N+](=O)[O-])c1. The highest BCUT2D eigenvalue weighted by molar-refractivity contribution is 7.98. The number of nitrogens with zero attached hydrogens (tertiary/aromatic N) is 2. The van der Waals surface area contributed by atoms with Gasteiger partial charge in [0.2, 0.25) is 0 Å². The van der Waals surface area contributed by atoms with Crippen LogP contribution in [0.1, 0.15) is 5.76 Å². The van der Waals surface area contributed by atoms with Crippen molar-refractivity contribution >= 4 is 28.8 Å². The van der Waals surface area contributed by atoms with Crippen molar-refractivity contribution < 1.29 is 14.3 Å². The van der Waals surface area contributed by atoms with Crippen LogP contribution in [0.25, 0.3) is 0 Å². The number of rotatable bonds is 8. The van der Waals surface area contributed by atoms with Crippen LogP contribution in [0.15, 0.2) is 41.0 Å². The Morgan fingerprint density at radius 1 is 1.18 bits per heavy atom. The monoisotopic (exact) mass is 323 g/mol. The number of furan rings is 1. The Morgan fingerprint density at radius 3 is 2.64 bits per heavy atom. The molecule has 0 bridgehead atoms. The van der Waals surface area contributed by atoms with E-state index >= 15 is 0 Å². The maximum absolute atomic E-state index is 11.0. The molecule has 8 nitrogen and oxygen atoms in total. The van der Waals surface area contributed by atoms with Gasteiger partial charge in [0.25, 0.3) is 11.4 Å². The zero-order valence-corrected chi connectivity index (χ0v) is 12.2. The molecule has 0 atom stereocenters. The van der Waals surface area contributed by atoms with Crippen molar-refractivity contribution in [2.24, 2.45) is 0 Å². The number of benzene rings is 1. The summed E-state index contributed by atoms with van der Waals surface area (Å²) in [5.74, 6) is 2.30. The van der Waals surface area contributed by atoms with Crippen molar-refractivity contribution in [2.75, 3.05) is 17.6 Å². The molecule has 0 fully saturated rings. The first-order valence-electron chi connectivity index (χ1n) is 6.35. The van der Waals surface area contributed by atoms with E-state index in [2.05, 4.69) is 5.32 Å². The summed E-state index contributed by atoms with van der Waals surface area (Å²) in [4.78, 5) is 20.3. The number of non-ortho nitro benzene ring substituents is 1. The van der Waals surface area contributed by atoms with Gasteiger partial charge in [0.05, 0.1) is 27.9 Å². The molecule has 0 aliphatic heterocycles. The molecule has 22 heavy (non-hydrogen) atoms. The smallest absolute Gasteiger partial charge is 0.299 e. The highest BCUT2D eigenvalue weighted by Gasteiger charge is 2.18. The van der Waals surface area contributed by atoms with Crippen molar-refractivity contribution in [1.29, 1.82) is 0 Å². The fourth-order valence-electron chi connectivity index (χ4n) is 1.76. The van der Waals surface area contributed by atoms with Crippen molar-refractivity contribution in [1.82, 2.24) is 0 Å². The summed E-state index contributed by atoms with van der Waals surface area (Å²) < 4.78 is 5.19. The molecular weight excluding hydrogens is 310 g/mol. The van der Waals surface area contributed by atoms with Gasteiger partial charge in [-0.1, -0.05) is 0 Å². The largest absolute Gasteiger partial charge is 0.468 e. The molecule has 0 amide bonds. The van der Waals surface area contributed by atoms with Gasteiger partial charge in [0.1, 0.15) is 11.4 Å². The van der Waals surface area contributed by atoms with Crippen LogP contribution in [0.2, 0.25) is 0 Å². The molecule has 0 radical (unpaired) electrons. The maximum atomic E-state index is 11.0. The Labute approximate surface area is 129 Å². The average molecular weight is 323 g/mol. The third kappa shape index (κ3) is 4.22. The Hall–Kier alpha value is -2.55. The average Bonchev–Trinajstić information content (AvgIpc) is 3.00. The van der Waals surface area contributed by atoms with E-state index in [1.54, 1.807) is 18.0 Å². The summed E-state index contributed by atoms with van der Waals surface area (Å²) in [6.45, 7) is 0.504. The van der Waals surface area contributed by atoms with Gasteiger partial charge < -0.3 is 9.73 Å². The summed E-state index contributed by atoms with van der Waals surface area (Å²) in [5.41, 5.74) is -0.330. The van der Waals surface area contributed by atoms with E-state index in [1.165, 1.54) is 12.1 Å². The third-order valence-corrected chi connectivity index (χ3v) is 3.76. The first-order valence-corrected chi connectivity index (χ1v) is 7.50. The number of anilines is 1. The fourth-order valence-corrected chi connectivity index (χ4v) is 2.52. The predicted octanol–water partition coefficient (Wildman–Crippen LogP) is 3.44. The van der Waals surface area contributed by atoms with E-state index in [4.69, 9.17) is 4.42 Å². The van der Waals surface area contributed by atoms with Gasteiger partial charge in [-0.15, -0.1) is 0 Å². The summed E-state index contributed by atoms with van der Waals surface area (Å²) in [7, 11) is 0. The van der Waals surface area contributed by atoms with Crippen molar-refractivity contribution in [3.63, 3.8) is 0 Å². The lowest BCUT2D eigenvalue weighted by Crippen LogP contribution is -2.07. The maximum Gasteiger partial charge on any atom is 0.299 e. The summed E-state index contributed by atoms with van der Waals surface area (Å²) in [5, 5.41) is 24.5. The molecule has 0 saturated carbocycles. The first-order chi connectivity index (χ1) is 10.6. The van der Waals surface area contributed by atoms with Gasteiger partial charge in [0.15, 0.2) is 0 Å². The fraction of sp³-hybridized carbons (Fsp3) is 0.231. The normalized spacial score (nSPS) is 10.4. The zero-order chi connectivity index (χ0) is 15.9. The molecule has 1 N–H and O–H groups in total. The quantitative estimate of drug-likeness (QED) is 0.450. The highest BCUT2D eigenvalue weighted by Crippen LogP contribution is 2.28. The van der Waals surface area contributed by atoms with Gasteiger partial charge >= 0.3 is 0 Å². The third-order valence-electron chi connectivity index (χ3n) is 2.78. The second-order valence-electron chi connectivity index (χ2n) is 4.27. The van der Waals surface area contributed by atoms with Crippen molar-refractivity contribution in [2.45, 2.75) is 5.75 Å². The lowest BCUT2D eigenvalue weighted by atomic mass is 10.2. The lowest BCUT2D eigenvalue weighted by Gasteiger charge is -2.06. The number of nitro benzene ring substituents is 2. The zero-order valence-electron chi connectivity index (χ0n) is 11.4. The van der Waals surface area contributed by atoms with Crippen LogP contribution >= 0.6 is 11.8 Å². The van der Waals surface area contributed by atoms with Crippen LogP contribution < -0.4 is 5.32 Å². The molecule has 0 saturated heterocycles.